The van der Waals surface area contributed by atoms with E-state index in [0.717, 1.165) is 56.0 Å². The van der Waals surface area contributed by atoms with Crippen LogP contribution in [0.3, 0.4) is 0 Å². The van der Waals surface area contributed by atoms with Crippen LogP contribution < -0.4 is 20.7 Å². The number of rotatable bonds is 30. The normalized spacial score (nSPS) is 14.1. The molecule has 0 fully saturated rings. The van der Waals surface area contributed by atoms with Gasteiger partial charge in [0.15, 0.2) is 0 Å². The van der Waals surface area contributed by atoms with Crippen LogP contribution in [0.4, 0.5) is 0 Å². The van der Waals surface area contributed by atoms with E-state index < -0.39 is 16.1 Å². The van der Waals surface area contributed by atoms with E-state index in [1.54, 1.807) is 20.7 Å². The molecular formula is C76H94N4Si2. The highest BCUT2D eigenvalue weighted by Crippen LogP contribution is 2.41. The molecule has 4 aliphatic rings. The maximum absolute atomic E-state index is 5.51. The number of unbranched alkanes of at least 4 members (excludes halogenated alkanes) is 20. The zero-order valence-electron chi connectivity index (χ0n) is 50.5. The van der Waals surface area contributed by atoms with Crippen LogP contribution in [0.25, 0.3) is 90.9 Å². The van der Waals surface area contributed by atoms with E-state index in [1.807, 2.05) is 0 Å². The number of aromatic amines is 2. The first-order valence-electron chi connectivity index (χ1n) is 33.1. The van der Waals surface area contributed by atoms with Crippen LogP contribution in [0, 0.1) is 0 Å². The molecule has 0 spiro atoms. The van der Waals surface area contributed by atoms with Crippen molar-refractivity contribution in [3.8, 4) is 44.5 Å². The Labute approximate surface area is 494 Å². The highest BCUT2D eigenvalue weighted by molar-refractivity contribution is 7.06. The minimum absolute atomic E-state index is 0.959. The third-order valence-corrected chi connectivity index (χ3v) is 30.0. The minimum atomic E-state index is -2.11. The van der Waals surface area contributed by atoms with Crippen molar-refractivity contribution >= 4 is 83.3 Å². The molecule has 0 unspecified atom stereocenters. The van der Waals surface area contributed by atoms with E-state index in [-0.39, 0.29) is 0 Å². The molecular weight excluding hydrogens is 1030 g/mol. The van der Waals surface area contributed by atoms with E-state index in [9.17, 15) is 0 Å². The molecule has 0 amide bonds. The fraction of sp³-hybridized carbons (Fsp3) is 0.421. The zero-order valence-corrected chi connectivity index (χ0v) is 52.5. The number of nitrogens with zero attached hydrogens (tertiary/aromatic N) is 2. The number of benzene rings is 4. The lowest BCUT2D eigenvalue weighted by atomic mass is 9.99. The first-order valence-corrected chi connectivity index (χ1v) is 37.9. The third-order valence-electron chi connectivity index (χ3n) is 19.3. The van der Waals surface area contributed by atoms with Gasteiger partial charge in [-0.2, -0.15) is 0 Å². The molecule has 0 saturated heterocycles. The Balaban J connectivity index is 1.00. The first-order chi connectivity index (χ1) is 40.5. The van der Waals surface area contributed by atoms with Gasteiger partial charge in [0.05, 0.1) is 22.8 Å². The molecule has 7 aromatic rings. The van der Waals surface area contributed by atoms with Crippen molar-refractivity contribution in [1.82, 2.24) is 19.9 Å². The van der Waals surface area contributed by atoms with Crippen LogP contribution in [-0.2, 0) is 0 Å². The molecule has 6 heteroatoms. The maximum Gasteiger partial charge on any atom is 0.119 e. The summed E-state index contributed by atoms with van der Waals surface area (Å²) >= 11 is 0. The summed E-state index contributed by atoms with van der Waals surface area (Å²) < 4.78 is 0. The lowest BCUT2D eigenvalue weighted by Gasteiger charge is -2.31. The second kappa shape index (κ2) is 27.5. The lowest BCUT2D eigenvalue weighted by molar-refractivity contribution is 0.616. The number of aromatic nitrogens is 4. The second-order valence-corrected chi connectivity index (χ2v) is 33.5. The first kappa shape index (κ1) is 57.7. The summed E-state index contributed by atoms with van der Waals surface area (Å²) in [4.78, 5) is 18.9. The molecule has 4 nitrogen and oxygen atoms in total. The maximum atomic E-state index is 5.51. The fourth-order valence-electron chi connectivity index (χ4n) is 15.1. The van der Waals surface area contributed by atoms with Gasteiger partial charge in [-0.1, -0.05) is 267 Å². The summed E-state index contributed by atoms with van der Waals surface area (Å²) in [6, 6.07) is 53.1. The van der Waals surface area contributed by atoms with E-state index >= 15 is 0 Å². The topological polar surface area (TPSA) is 57.4 Å². The third kappa shape index (κ3) is 12.4. The van der Waals surface area contributed by atoms with E-state index in [4.69, 9.17) is 9.97 Å². The average molecular weight is 1120 g/mol. The van der Waals surface area contributed by atoms with Gasteiger partial charge in [0.2, 0.25) is 0 Å². The van der Waals surface area contributed by atoms with Gasteiger partial charge < -0.3 is 9.97 Å². The summed E-state index contributed by atoms with van der Waals surface area (Å²) in [5, 5.41) is 6.67. The van der Waals surface area contributed by atoms with Crippen molar-refractivity contribution in [3.05, 3.63) is 144 Å². The van der Waals surface area contributed by atoms with Gasteiger partial charge in [-0.3, -0.25) is 0 Å². The van der Waals surface area contributed by atoms with Gasteiger partial charge in [0.25, 0.3) is 0 Å². The number of H-pyrrole nitrogens is 2. The quantitative estimate of drug-likeness (QED) is 0.0348. The molecule has 0 saturated carbocycles. The molecule has 4 aromatic carbocycles. The second-order valence-electron chi connectivity index (χ2n) is 25.1. The van der Waals surface area contributed by atoms with Crippen molar-refractivity contribution in [1.29, 1.82) is 0 Å². The summed E-state index contributed by atoms with van der Waals surface area (Å²) in [5.41, 5.74) is 19.0. The molecule has 426 valence electrons. The highest BCUT2D eigenvalue weighted by Gasteiger charge is 2.46. The van der Waals surface area contributed by atoms with Crippen molar-refractivity contribution in [2.75, 3.05) is 0 Å². The summed E-state index contributed by atoms with van der Waals surface area (Å²) in [5.74, 6) is 0. The largest absolute Gasteiger partial charge is 0.355 e. The van der Waals surface area contributed by atoms with Crippen LogP contribution >= 0.6 is 0 Å². The molecule has 2 N–H and O–H groups in total. The van der Waals surface area contributed by atoms with Gasteiger partial charge in [-0.25, -0.2) is 9.97 Å². The van der Waals surface area contributed by atoms with Gasteiger partial charge in [0, 0.05) is 33.2 Å². The number of hydrogen-bond acceptors (Lipinski definition) is 2. The van der Waals surface area contributed by atoms with Crippen LogP contribution in [0.15, 0.2) is 121 Å². The SMILES string of the molecule is CCCCCCCC[Si]1(CCCCCCCC)c2ccccc2-c2ccc(-c3c4nc(cc5ccc([nH]5)c(-c5ccc6c(c5)[Si](CCCCCCCC)(CCCCCCCC)c5ccccc5-6)c5nc(cc6ccc3[nH]6)C=C5)C=C4)cc21. The van der Waals surface area contributed by atoms with E-state index in [1.165, 1.54) is 212 Å². The van der Waals surface area contributed by atoms with Gasteiger partial charge in [-0.05, 0) is 139 Å². The number of fused-ring (bicyclic) bond motifs is 14. The van der Waals surface area contributed by atoms with Crippen molar-refractivity contribution in [3.63, 3.8) is 0 Å². The Morgan fingerprint density at radius 2 is 0.659 bits per heavy atom. The standard InChI is InChI=1S/C76H94N4Si2/c1-5-9-13-17-21-29-49-81(50-30-22-18-14-10-6-2)71-35-27-25-33-63(71)65-43-37-57(53-73(65)81)75-67-45-39-59(77-67)55-61-41-47-69(79-61)76(70-48-42-62(80-70)56-60-40-46-68(75)78-60)58-38-44-66-64-34-26-28-36-72(64)82(74(66)54-58,51-31-23-19-15-11-7-3)52-32-24-20-16-12-8-4/h25-28,33-48,53-56,77,80H,5-24,29-32,49-52H2,1-4H3. The van der Waals surface area contributed by atoms with Crippen LogP contribution in [0.1, 0.15) is 205 Å². The van der Waals surface area contributed by atoms with Crippen molar-refractivity contribution in [2.45, 2.75) is 206 Å². The van der Waals surface area contributed by atoms with Crippen molar-refractivity contribution in [2.24, 2.45) is 0 Å². The Morgan fingerprint density at radius 1 is 0.317 bits per heavy atom. The fourth-order valence-corrected chi connectivity index (χ4v) is 26.3. The van der Waals surface area contributed by atoms with Gasteiger partial charge in [-0.15, -0.1) is 0 Å². The average Bonchev–Trinajstić information content (AvgIpc) is 3.84. The smallest absolute Gasteiger partial charge is 0.119 e. The molecule has 0 atom stereocenters. The van der Waals surface area contributed by atoms with Crippen molar-refractivity contribution < 1.29 is 0 Å². The molecule has 82 heavy (non-hydrogen) atoms. The lowest BCUT2D eigenvalue weighted by Crippen LogP contribution is -2.55. The molecule has 8 bridgehead atoms. The molecule has 0 radical (unpaired) electrons. The molecule has 0 aliphatic carbocycles. The predicted octanol–water partition coefficient (Wildman–Crippen LogP) is 20.5. The predicted molar refractivity (Wildman–Crippen MR) is 363 cm³/mol. The Hall–Kier alpha value is -6.09. The molecule has 3 aromatic heterocycles. The monoisotopic (exact) mass is 1120 g/mol. The summed E-state index contributed by atoms with van der Waals surface area (Å²) in [6.45, 7) is 9.33. The Kier molecular flexibility index (Phi) is 19.4. The van der Waals surface area contributed by atoms with Crippen LogP contribution in [0.2, 0.25) is 24.2 Å². The molecule has 4 aliphatic heterocycles. The molecule has 11 rings (SSSR count). The van der Waals surface area contributed by atoms with Crippen LogP contribution in [0.5, 0.6) is 0 Å². The zero-order chi connectivity index (χ0) is 56.1. The van der Waals surface area contributed by atoms with Gasteiger partial charge >= 0.3 is 0 Å². The highest BCUT2D eigenvalue weighted by atomic mass is 28.3. The van der Waals surface area contributed by atoms with Crippen LogP contribution in [-0.4, -0.2) is 36.1 Å². The number of hydrogen-bond donors (Lipinski definition) is 2. The summed E-state index contributed by atoms with van der Waals surface area (Å²) in [6.07, 6.45) is 41.0. The molecule has 7 heterocycles. The summed E-state index contributed by atoms with van der Waals surface area (Å²) in [7, 11) is -4.23. The Morgan fingerprint density at radius 3 is 1.04 bits per heavy atom. The number of nitrogens with one attached hydrogen (secondary N) is 2. The van der Waals surface area contributed by atoms with E-state index in [0.29, 0.717) is 0 Å². The Bertz CT molecular complexity index is 3270. The minimum Gasteiger partial charge on any atom is -0.355 e. The van der Waals surface area contributed by atoms with E-state index in [2.05, 4.69) is 183 Å². The van der Waals surface area contributed by atoms with Gasteiger partial charge in [0.1, 0.15) is 16.1 Å².